The molecule has 0 saturated heterocycles. The van der Waals surface area contributed by atoms with Crippen LogP contribution in [0.1, 0.15) is 15.9 Å². The second kappa shape index (κ2) is 7.43. The number of rotatable bonds is 5. The lowest BCUT2D eigenvalue weighted by Crippen LogP contribution is -2.25. The van der Waals surface area contributed by atoms with E-state index < -0.39 is 10.0 Å². The van der Waals surface area contributed by atoms with Crippen LogP contribution in [0.5, 0.6) is 0 Å². The number of anilines is 1. The first-order chi connectivity index (χ1) is 11.3. The van der Waals surface area contributed by atoms with Gasteiger partial charge in [0.25, 0.3) is 15.9 Å². The maximum atomic E-state index is 12.3. The molecule has 0 atom stereocenters. The molecule has 2 aromatic rings. The minimum absolute atomic E-state index is 0.0443. The van der Waals surface area contributed by atoms with E-state index in [1.54, 1.807) is 6.07 Å². The van der Waals surface area contributed by atoms with E-state index in [2.05, 4.69) is 21.2 Å². The summed E-state index contributed by atoms with van der Waals surface area (Å²) in [6, 6.07) is 11.1. The smallest absolute Gasteiger partial charge is 0.264 e. The van der Waals surface area contributed by atoms with Crippen molar-refractivity contribution < 1.29 is 18.0 Å². The summed E-state index contributed by atoms with van der Waals surface area (Å²) in [6.07, 6.45) is 0. The molecule has 0 spiro atoms. The molecule has 0 unspecified atom stereocenters. The molecule has 0 bridgehead atoms. The van der Waals surface area contributed by atoms with Gasteiger partial charge in [-0.1, -0.05) is 20.4 Å². The van der Waals surface area contributed by atoms with Gasteiger partial charge in [0.05, 0.1) is 12.0 Å². The van der Waals surface area contributed by atoms with Gasteiger partial charge in [-0.3, -0.25) is 9.63 Å². The monoisotopic (exact) mass is 412 g/mol. The summed E-state index contributed by atoms with van der Waals surface area (Å²) in [7, 11) is -1.17. The van der Waals surface area contributed by atoms with Crippen molar-refractivity contribution in [3.63, 3.8) is 0 Å². The van der Waals surface area contributed by atoms with E-state index in [4.69, 9.17) is 4.84 Å². The van der Waals surface area contributed by atoms with Crippen LogP contribution < -0.4 is 5.32 Å². The van der Waals surface area contributed by atoms with Gasteiger partial charge in [-0.15, -0.1) is 0 Å². The Morgan fingerprint density at radius 1 is 1.17 bits per heavy atom. The molecule has 0 aliphatic carbocycles. The number of hydrogen-bond donors (Lipinski definition) is 1. The predicted octanol–water partition coefficient (Wildman–Crippen LogP) is 3.19. The third-order valence-electron chi connectivity index (χ3n) is 3.43. The van der Waals surface area contributed by atoms with Gasteiger partial charge in [-0.2, -0.15) is 0 Å². The molecular formula is C16H17BrN2O4S. The average molecular weight is 413 g/mol. The number of sulfonamides is 1. The van der Waals surface area contributed by atoms with Crippen LogP contribution in [0.4, 0.5) is 5.69 Å². The largest absolute Gasteiger partial charge is 0.322 e. The number of halogens is 1. The van der Waals surface area contributed by atoms with Crippen LogP contribution in [0.2, 0.25) is 0 Å². The van der Waals surface area contributed by atoms with Crippen LogP contribution in [0, 0.1) is 6.92 Å². The summed E-state index contributed by atoms with van der Waals surface area (Å²) < 4.78 is 25.9. The molecule has 2 rings (SSSR count). The molecule has 0 aliphatic heterocycles. The van der Waals surface area contributed by atoms with Crippen LogP contribution in [0.25, 0.3) is 0 Å². The van der Waals surface area contributed by atoms with E-state index in [1.165, 1.54) is 38.4 Å². The highest BCUT2D eigenvalue weighted by molar-refractivity contribution is 9.10. The first-order valence-electron chi connectivity index (χ1n) is 6.96. The zero-order chi connectivity index (χ0) is 17.9. The zero-order valence-corrected chi connectivity index (χ0v) is 15.8. The fourth-order valence-electron chi connectivity index (χ4n) is 1.95. The van der Waals surface area contributed by atoms with Gasteiger partial charge >= 0.3 is 0 Å². The van der Waals surface area contributed by atoms with Crippen LogP contribution in [-0.4, -0.2) is 33.0 Å². The van der Waals surface area contributed by atoms with Gasteiger partial charge < -0.3 is 5.32 Å². The molecule has 0 aromatic heterocycles. The van der Waals surface area contributed by atoms with Crippen molar-refractivity contribution >= 4 is 37.5 Å². The number of nitrogens with zero attached hydrogens (tertiary/aromatic N) is 1. The Kier molecular flexibility index (Phi) is 5.76. The average Bonchev–Trinajstić information content (AvgIpc) is 2.57. The molecule has 6 nitrogen and oxygen atoms in total. The first kappa shape index (κ1) is 18.6. The number of carbonyl (C=O) groups is 1. The number of hydroxylamine groups is 1. The highest BCUT2D eigenvalue weighted by Crippen LogP contribution is 2.21. The molecule has 1 amide bonds. The van der Waals surface area contributed by atoms with Crippen molar-refractivity contribution in [2.24, 2.45) is 0 Å². The Balaban J connectivity index is 2.18. The van der Waals surface area contributed by atoms with Crippen molar-refractivity contribution in [3.05, 3.63) is 58.1 Å². The van der Waals surface area contributed by atoms with Gasteiger partial charge in [0.2, 0.25) is 0 Å². The summed E-state index contributed by atoms with van der Waals surface area (Å²) in [5, 5.41) is 2.77. The van der Waals surface area contributed by atoms with Crippen molar-refractivity contribution in [2.75, 3.05) is 19.5 Å². The molecule has 128 valence electrons. The number of nitrogens with one attached hydrogen (secondary N) is 1. The lowest BCUT2D eigenvalue weighted by Gasteiger charge is -2.14. The fourth-order valence-corrected chi connectivity index (χ4v) is 3.17. The number of hydrogen-bond acceptors (Lipinski definition) is 4. The van der Waals surface area contributed by atoms with Crippen molar-refractivity contribution in [1.82, 2.24) is 4.47 Å². The van der Waals surface area contributed by atoms with E-state index in [0.717, 1.165) is 14.5 Å². The second-order valence-corrected chi connectivity index (χ2v) is 7.83. The quantitative estimate of drug-likeness (QED) is 0.764. The molecule has 0 radical (unpaired) electrons. The van der Waals surface area contributed by atoms with E-state index in [9.17, 15) is 13.2 Å². The van der Waals surface area contributed by atoms with E-state index in [1.807, 2.05) is 19.1 Å². The second-order valence-electron chi connectivity index (χ2n) is 5.04. The molecule has 24 heavy (non-hydrogen) atoms. The summed E-state index contributed by atoms with van der Waals surface area (Å²) in [5.41, 5.74) is 2.02. The molecule has 0 aliphatic rings. The van der Waals surface area contributed by atoms with E-state index in [-0.39, 0.29) is 10.8 Å². The van der Waals surface area contributed by atoms with Crippen molar-refractivity contribution in [3.8, 4) is 0 Å². The number of carbonyl (C=O) groups excluding carboxylic acids is 1. The number of amides is 1. The van der Waals surface area contributed by atoms with Crippen LogP contribution >= 0.6 is 15.9 Å². The van der Waals surface area contributed by atoms with E-state index >= 15 is 0 Å². The Bertz CT molecular complexity index is 851. The topological polar surface area (TPSA) is 75.7 Å². The molecule has 2 aromatic carbocycles. The minimum Gasteiger partial charge on any atom is -0.322 e. The Morgan fingerprint density at radius 2 is 1.79 bits per heavy atom. The zero-order valence-electron chi connectivity index (χ0n) is 13.4. The summed E-state index contributed by atoms with van der Waals surface area (Å²) in [6.45, 7) is 1.92. The normalized spacial score (nSPS) is 11.5. The molecule has 8 heteroatoms. The van der Waals surface area contributed by atoms with Gasteiger partial charge in [0.15, 0.2) is 0 Å². The third kappa shape index (κ3) is 4.02. The lowest BCUT2D eigenvalue weighted by atomic mass is 10.2. The number of benzene rings is 2. The van der Waals surface area contributed by atoms with Crippen molar-refractivity contribution in [1.29, 1.82) is 0 Å². The Labute approximate surface area is 149 Å². The minimum atomic E-state index is -3.73. The summed E-state index contributed by atoms with van der Waals surface area (Å²) in [5.74, 6) is -0.319. The molecule has 0 heterocycles. The standard InChI is InChI=1S/C16H17BrN2O4S/c1-11-10-13(6-9-15(11)17)18-16(20)12-4-7-14(8-5-12)24(21,22)19(2)23-3/h4-10H,1-3H3,(H,18,20). The molecule has 1 N–H and O–H groups in total. The van der Waals surface area contributed by atoms with Gasteiger partial charge in [-0.05, 0) is 55.0 Å². The maximum absolute atomic E-state index is 12.3. The number of aryl methyl sites for hydroxylation is 1. The van der Waals surface area contributed by atoms with Crippen molar-refractivity contribution in [2.45, 2.75) is 11.8 Å². The summed E-state index contributed by atoms with van der Waals surface area (Å²) in [4.78, 5) is 17.0. The predicted molar refractivity (Wildman–Crippen MR) is 95.2 cm³/mol. The molecular weight excluding hydrogens is 396 g/mol. The maximum Gasteiger partial charge on any atom is 0.264 e. The Hall–Kier alpha value is -1.74. The third-order valence-corrected chi connectivity index (χ3v) is 6.01. The fraction of sp³-hybridized carbons (Fsp3) is 0.188. The van der Waals surface area contributed by atoms with Gasteiger partial charge in [0.1, 0.15) is 0 Å². The lowest BCUT2D eigenvalue weighted by molar-refractivity contribution is -0.0258. The molecule has 0 fully saturated rings. The molecule has 0 saturated carbocycles. The van der Waals surface area contributed by atoms with Gasteiger partial charge in [-0.25, -0.2) is 8.42 Å². The summed E-state index contributed by atoms with van der Waals surface area (Å²) >= 11 is 3.40. The van der Waals surface area contributed by atoms with Gasteiger partial charge in [0, 0.05) is 22.8 Å². The highest BCUT2D eigenvalue weighted by atomic mass is 79.9. The van der Waals surface area contributed by atoms with Crippen LogP contribution in [0.15, 0.2) is 51.8 Å². The first-order valence-corrected chi connectivity index (χ1v) is 9.19. The van der Waals surface area contributed by atoms with Crippen LogP contribution in [0.3, 0.4) is 0 Å². The highest BCUT2D eigenvalue weighted by Gasteiger charge is 2.21. The van der Waals surface area contributed by atoms with E-state index in [0.29, 0.717) is 11.3 Å². The van der Waals surface area contributed by atoms with Crippen LogP contribution in [-0.2, 0) is 14.9 Å². The Morgan fingerprint density at radius 3 is 2.33 bits per heavy atom. The SMILES string of the molecule is CON(C)S(=O)(=O)c1ccc(C(=O)Nc2ccc(Br)c(C)c2)cc1.